The second-order valence-corrected chi connectivity index (χ2v) is 8.57. The molecule has 2 rings (SSSR count). The smallest absolute Gasteiger partial charge is 0.245 e. The zero-order valence-electron chi connectivity index (χ0n) is 18.8. The number of amides is 2. The standard InChI is InChI=1S/C23H34N4O2S/c1-6-20(19-12-10-9-11-13-19)22(29)27(15-14-26(7-2)8-3)16-21(28)25-23-24-17(4)18(5)30-23/h9-13,20H,6-8,14-16H2,1-5H3,(H,24,25,28)/t20-/m0/s1. The fraction of sp³-hybridized carbons (Fsp3) is 0.522. The quantitative estimate of drug-likeness (QED) is 0.584. The van der Waals surface area contributed by atoms with E-state index in [1.165, 1.54) is 11.3 Å². The highest BCUT2D eigenvalue weighted by molar-refractivity contribution is 7.15. The summed E-state index contributed by atoms with van der Waals surface area (Å²) >= 11 is 1.46. The van der Waals surface area contributed by atoms with E-state index < -0.39 is 0 Å². The van der Waals surface area contributed by atoms with Crippen molar-refractivity contribution in [1.82, 2.24) is 14.8 Å². The van der Waals surface area contributed by atoms with Gasteiger partial charge in [-0.05, 0) is 38.9 Å². The maximum absolute atomic E-state index is 13.4. The molecule has 0 saturated carbocycles. The Kier molecular flexibility index (Phi) is 9.46. The van der Waals surface area contributed by atoms with E-state index in [1.807, 2.05) is 51.1 Å². The Morgan fingerprint density at radius 2 is 1.73 bits per heavy atom. The molecule has 30 heavy (non-hydrogen) atoms. The van der Waals surface area contributed by atoms with E-state index in [0.29, 0.717) is 18.1 Å². The van der Waals surface area contributed by atoms with Crippen LogP contribution in [-0.2, 0) is 9.59 Å². The maximum atomic E-state index is 13.4. The van der Waals surface area contributed by atoms with Gasteiger partial charge in [0.05, 0.1) is 18.2 Å². The number of carbonyl (C=O) groups excluding carboxylic acids is 2. The van der Waals surface area contributed by atoms with Gasteiger partial charge in [0.1, 0.15) is 0 Å². The molecular weight excluding hydrogens is 396 g/mol. The van der Waals surface area contributed by atoms with Crippen molar-refractivity contribution in [2.24, 2.45) is 0 Å². The SMILES string of the molecule is CC[C@H](C(=O)N(CCN(CC)CC)CC(=O)Nc1nc(C)c(C)s1)c1ccccc1. The van der Waals surface area contributed by atoms with Gasteiger partial charge < -0.3 is 15.1 Å². The average Bonchev–Trinajstić information content (AvgIpc) is 3.05. The lowest BCUT2D eigenvalue weighted by Crippen LogP contribution is -2.44. The predicted octanol–water partition coefficient (Wildman–Crippen LogP) is 4.06. The summed E-state index contributed by atoms with van der Waals surface area (Å²) in [6.45, 7) is 13.3. The molecule has 1 atom stereocenters. The molecule has 0 unspecified atom stereocenters. The van der Waals surface area contributed by atoms with Crippen LogP contribution in [0.25, 0.3) is 0 Å². The number of aryl methyl sites for hydroxylation is 2. The largest absolute Gasteiger partial charge is 0.332 e. The highest BCUT2D eigenvalue weighted by Gasteiger charge is 2.26. The van der Waals surface area contributed by atoms with Crippen LogP contribution in [0, 0.1) is 13.8 Å². The minimum atomic E-state index is -0.250. The van der Waals surface area contributed by atoms with Crippen molar-refractivity contribution in [2.75, 3.05) is 38.0 Å². The van der Waals surface area contributed by atoms with Gasteiger partial charge in [0.25, 0.3) is 0 Å². The van der Waals surface area contributed by atoms with Gasteiger partial charge in [-0.25, -0.2) is 4.98 Å². The van der Waals surface area contributed by atoms with Crippen molar-refractivity contribution >= 4 is 28.3 Å². The van der Waals surface area contributed by atoms with Crippen molar-refractivity contribution in [3.63, 3.8) is 0 Å². The average molecular weight is 431 g/mol. The molecule has 2 aromatic rings. The molecule has 0 aliphatic heterocycles. The Morgan fingerprint density at radius 3 is 2.27 bits per heavy atom. The van der Waals surface area contributed by atoms with E-state index in [-0.39, 0.29) is 24.3 Å². The van der Waals surface area contributed by atoms with Crippen molar-refractivity contribution in [3.8, 4) is 0 Å². The van der Waals surface area contributed by atoms with Crippen LogP contribution in [-0.4, -0.2) is 59.3 Å². The van der Waals surface area contributed by atoms with Crippen LogP contribution in [0.2, 0.25) is 0 Å². The van der Waals surface area contributed by atoms with E-state index in [9.17, 15) is 9.59 Å². The summed E-state index contributed by atoms with van der Waals surface area (Å²) in [6, 6.07) is 9.81. The van der Waals surface area contributed by atoms with Gasteiger partial charge in [-0.15, -0.1) is 11.3 Å². The molecule has 1 heterocycles. The molecular formula is C23H34N4O2S. The fourth-order valence-corrected chi connectivity index (χ4v) is 4.22. The molecule has 7 heteroatoms. The van der Waals surface area contributed by atoms with Crippen LogP contribution < -0.4 is 5.32 Å². The monoisotopic (exact) mass is 430 g/mol. The van der Waals surface area contributed by atoms with Gasteiger partial charge in [-0.1, -0.05) is 51.1 Å². The summed E-state index contributed by atoms with van der Waals surface area (Å²) in [5.74, 6) is -0.461. The number of rotatable bonds is 11. The molecule has 0 radical (unpaired) electrons. The van der Waals surface area contributed by atoms with Crippen LogP contribution in [0.15, 0.2) is 30.3 Å². The number of thiazole rings is 1. The Bertz CT molecular complexity index is 798. The number of anilines is 1. The number of likely N-dealkylation sites (N-methyl/N-ethyl adjacent to an activating group) is 1. The van der Waals surface area contributed by atoms with E-state index >= 15 is 0 Å². The first kappa shape index (κ1) is 24.0. The number of nitrogens with zero attached hydrogens (tertiary/aromatic N) is 3. The number of hydrogen-bond acceptors (Lipinski definition) is 5. The second kappa shape index (κ2) is 11.8. The van der Waals surface area contributed by atoms with Crippen molar-refractivity contribution in [1.29, 1.82) is 0 Å². The van der Waals surface area contributed by atoms with Crippen LogP contribution >= 0.6 is 11.3 Å². The van der Waals surface area contributed by atoms with E-state index in [0.717, 1.165) is 35.8 Å². The molecule has 0 saturated heterocycles. The van der Waals surface area contributed by atoms with E-state index in [4.69, 9.17) is 0 Å². The van der Waals surface area contributed by atoms with Crippen LogP contribution in [0.4, 0.5) is 5.13 Å². The third-order valence-corrected chi connectivity index (χ3v) is 6.40. The van der Waals surface area contributed by atoms with Crippen molar-refractivity contribution < 1.29 is 9.59 Å². The van der Waals surface area contributed by atoms with Crippen LogP contribution in [0.1, 0.15) is 49.2 Å². The lowest BCUT2D eigenvalue weighted by atomic mass is 9.95. The first-order valence-electron chi connectivity index (χ1n) is 10.7. The van der Waals surface area contributed by atoms with Gasteiger partial charge in [0.2, 0.25) is 11.8 Å². The first-order chi connectivity index (χ1) is 14.4. The van der Waals surface area contributed by atoms with Gasteiger partial charge in [-0.3, -0.25) is 9.59 Å². The second-order valence-electron chi connectivity index (χ2n) is 7.37. The number of aromatic nitrogens is 1. The Balaban J connectivity index is 2.15. The topological polar surface area (TPSA) is 65.5 Å². The fourth-order valence-electron chi connectivity index (χ4n) is 3.39. The number of hydrogen-bond donors (Lipinski definition) is 1. The molecule has 1 N–H and O–H groups in total. The highest BCUT2D eigenvalue weighted by atomic mass is 32.1. The molecule has 164 valence electrons. The molecule has 1 aromatic heterocycles. The number of carbonyl (C=O) groups is 2. The van der Waals surface area contributed by atoms with Gasteiger partial charge in [0, 0.05) is 18.0 Å². The summed E-state index contributed by atoms with van der Waals surface area (Å²) in [6.07, 6.45) is 0.692. The van der Waals surface area contributed by atoms with Gasteiger partial charge in [0.15, 0.2) is 5.13 Å². The summed E-state index contributed by atoms with van der Waals surface area (Å²) in [5.41, 5.74) is 1.91. The third kappa shape index (κ3) is 6.64. The highest BCUT2D eigenvalue weighted by Crippen LogP contribution is 2.23. The van der Waals surface area contributed by atoms with Crippen molar-refractivity contribution in [3.05, 3.63) is 46.5 Å². The summed E-state index contributed by atoms with van der Waals surface area (Å²) < 4.78 is 0. The summed E-state index contributed by atoms with van der Waals surface area (Å²) in [4.78, 5) is 35.6. The lowest BCUT2D eigenvalue weighted by Gasteiger charge is -2.29. The molecule has 0 bridgehead atoms. The molecule has 0 spiro atoms. The summed E-state index contributed by atoms with van der Waals surface area (Å²) in [7, 11) is 0. The minimum Gasteiger partial charge on any atom is -0.332 e. The normalized spacial score (nSPS) is 12.1. The number of benzene rings is 1. The zero-order chi connectivity index (χ0) is 22.1. The van der Waals surface area contributed by atoms with Crippen LogP contribution in [0.5, 0.6) is 0 Å². The molecule has 0 fully saturated rings. The lowest BCUT2D eigenvalue weighted by molar-refractivity contribution is -0.136. The molecule has 1 aromatic carbocycles. The zero-order valence-corrected chi connectivity index (χ0v) is 19.6. The third-order valence-electron chi connectivity index (χ3n) is 5.41. The molecule has 6 nitrogen and oxygen atoms in total. The Labute approximate surface area is 184 Å². The first-order valence-corrected chi connectivity index (χ1v) is 11.5. The van der Waals surface area contributed by atoms with Crippen LogP contribution in [0.3, 0.4) is 0 Å². The maximum Gasteiger partial charge on any atom is 0.245 e. The summed E-state index contributed by atoms with van der Waals surface area (Å²) in [5, 5.41) is 3.45. The van der Waals surface area contributed by atoms with Gasteiger partial charge in [-0.2, -0.15) is 0 Å². The van der Waals surface area contributed by atoms with Crippen molar-refractivity contribution in [2.45, 2.75) is 47.0 Å². The van der Waals surface area contributed by atoms with E-state index in [2.05, 4.69) is 29.0 Å². The number of nitrogens with one attached hydrogen (secondary N) is 1. The Hall–Kier alpha value is -2.25. The minimum absolute atomic E-state index is 0.00231. The predicted molar refractivity (Wildman–Crippen MR) is 124 cm³/mol. The molecule has 0 aliphatic rings. The molecule has 0 aliphatic carbocycles. The Morgan fingerprint density at radius 1 is 1.07 bits per heavy atom. The molecule has 2 amide bonds. The van der Waals surface area contributed by atoms with Gasteiger partial charge >= 0.3 is 0 Å². The van der Waals surface area contributed by atoms with E-state index in [1.54, 1.807) is 4.90 Å².